The van der Waals surface area contributed by atoms with Crippen LogP contribution in [0, 0.1) is 6.92 Å². The zero-order chi connectivity index (χ0) is 12.3. The summed E-state index contributed by atoms with van der Waals surface area (Å²) in [6.07, 6.45) is 2.14. The minimum Gasteiger partial charge on any atom is -0.310 e. The Labute approximate surface area is 106 Å². The van der Waals surface area contributed by atoms with E-state index >= 15 is 0 Å². The summed E-state index contributed by atoms with van der Waals surface area (Å²) in [5.74, 6) is 0. The van der Waals surface area contributed by atoms with Gasteiger partial charge in [-0.15, -0.1) is 0 Å². The Hall–Kier alpha value is -1.13. The van der Waals surface area contributed by atoms with Crippen LogP contribution >= 0.6 is 11.3 Å². The molecule has 4 heteroatoms. The molecule has 0 spiro atoms. The van der Waals surface area contributed by atoms with Gasteiger partial charge in [0.2, 0.25) is 0 Å². The predicted molar refractivity (Wildman–Crippen MR) is 72.4 cm³/mol. The highest BCUT2D eigenvalue weighted by molar-refractivity contribution is 7.07. The molecule has 0 saturated heterocycles. The Kier molecular flexibility index (Phi) is 3.97. The quantitative estimate of drug-likeness (QED) is 0.883. The van der Waals surface area contributed by atoms with E-state index in [1.54, 1.807) is 11.3 Å². The SMILES string of the molecule is Cc1nn(Cc2ccsc2)cc1CNC(C)C. The molecular formula is C13H19N3S. The molecule has 17 heavy (non-hydrogen) atoms. The van der Waals surface area contributed by atoms with Gasteiger partial charge in [0.25, 0.3) is 0 Å². The first-order valence-electron chi connectivity index (χ1n) is 5.92. The second-order valence-electron chi connectivity index (χ2n) is 4.60. The van der Waals surface area contributed by atoms with Gasteiger partial charge in [-0.3, -0.25) is 4.68 Å². The van der Waals surface area contributed by atoms with Crippen molar-refractivity contribution < 1.29 is 0 Å². The summed E-state index contributed by atoms with van der Waals surface area (Å²) in [6, 6.07) is 2.66. The van der Waals surface area contributed by atoms with E-state index in [2.05, 4.69) is 54.2 Å². The summed E-state index contributed by atoms with van der Waals surface area (Å²) < 4.78 is 2.02. The van der Waals surface area contributed by atoms with Gasteiger partial charge in [-0.1, -0.05) is 13.8 Å². The lowest BCUT2D eigenvalue weighted by molar-refractivity contribution is 0.587. The van der Waals surface area contributed by atoms with Crippen molar-refractivity contribution in [1.29, 1.82) is 0 Å². The number of aromatic nitrogens is 2. The van der Waals surface area contributed by atoms with Crippen molar-refractivity contribution in [1.82, 2.24) is 15.1 Å². The van der Waals surface area contributed by atoms with Crippen LogP contribution in [0.4, 0.5) is 0 Å². The maximum absolute atomic E-state index is 4.54. The normalized spacial score (nSPS) is 11.3. The minimum atomic E-state index is 0.509. The number of nitrogens with zero attached hydrogens (tertiary/aromatic N) is 2. The summed E-state index contributed by atoms with van der Waals surface area (Å²) in [6.45, 7) is 8.15. The van der Waals surface area contributed by atoms with E-state index in [4.69, 9.17) is 0 Å². The van der Waals surface area contributed by atoms with Gasteiger partial charge < -0.3 is 5.32 Å². The number of nitrogens with one attached hydrogen (secondary N) is 1. The van der Waals surface area contributed by atoms with Crippen LogP contribution in [-0.2, 0) is 13.1 Å². The second-order valence-corrected chi connectivity index (χ2v) is 5.38. The van der Waals surface area contributed by atoms with Crippen molar-refractivity contribution in [2.75, 3.05) is 0 Å². The van der Waals surface area contributed by atoms with E-state index in [-0.39, 0.29) is 0 Å². The van der Waals surface area contributed by atoms with Crippen LogP contribution < -0.4 is 5.32 Å². The average molecular weight is 249 g/mol. The zero-order valence-corrected chi connectivity index (χ0v) is 11.4. The van der Waals surface area contributed by atoms with Crippen LogP contribution in [0.5, 0.6) is 0 Å². The fourth-order valence-corrected chi connectivity index (χ4v) is 2.36. The van der Waals surface area contributed by atoms with Crippen molar-refractivity contribution in [3.63, 3.8) is 0 Å². The Morgan fingerprint density at radius 2 is 2.29 bits per heavy atom. The van der Waals surface area contributed by atoms with Gasteiger partial charge in [-0.2, -0.15) is 16.4 Å². The molecule has 0 aliphatic rings. The molecule has 3 nitrogen and oxygen atoms in total. The van der Waals surface area contributed by atoms with Crippen molar-refractivity contribution in [3.8, 4) is 0 Å². The highest BCUT2D eigenvalue weighted by Crippen LogP contribution is 2.11. The summed E-state index contributed by atoms with van der Waals surface area (Å²) in [4.78, 5) is 0. The molecular weight excluding hydrogens is 230 g/mol. The van der Waals surface area contributed by atoms with Crippen LogP contribution in [0.1, 0.15) is 30.7 Å². The highest BCUT2D eigenvalue weighted by atomic mass is 32.1. The lowest BCUT2D eigenvalue weighted by Crippen LogP contribution is -2.21. The smallest absolute Gasteiger partial charge is 0.0667 e. The van der Waals surface area contributed by atoms with Gasteiger partial charge in [-0.05, 0) is 29.3 Å². The third kappa shape index (κ3) is 3.41. The summed E-state index contributed by atoms with van der Waals surface area (Å²) in [7, 11) is 0. The van der Waals surface area contributed by atoms with Gasteiger partial charge >= 0.3 is 0 Å². The molecule has 1 N–H and O–H groups in total. The molecule has 92 valence electrons. The molecule has 0 aromatic carbocycles. The van der Waals surface area contributed by atoms with Gasteiger partial charge in [0.1, 0.15) is 0 Å². The molecule has 0 aliphatic carbocycles. The fraction of sp³-hybridized carbons (Fsp3) is 0.462. The van der Waals surface area contributed by atoms with E-state index < -0.39 is 0 Å². The van der Waals surface area contributed by atoms with Crippen molar-refractivity contribution in [2.45, 2.75) is 39.9 Å². The molecule has 0 bridgehead atoms. The lowest BCUT2D eigenvalue weighted by atomic mass is 10.2. The van der Waals surface area contributed by atoms with Crippen molar-refractivity contribution >= 4 is 11.3 Å². The van der Waals surface area contributed by atoms with Crippen LogP contribution in [0.3, 0.4) is 0 Å². The van der Waals surface area contributed by atoms with Crippen molar-refractivity contribution in [2.24, 2.45) is 0 Å². The Morgan fingerprint density at radius 3 is 2.94 bits per heavy atom. The number of rotatable bonds is 5. The molecule has 0 unspecified atom stereocenters. The number of thiophene rings is 1. The zero-order valence-electron chi connectivity index (χ0n) is 10.6. The number of aryl methyl sites for hydroxylation is 1. The first-order valence-corrected chi connectivity index (χ1v) is 6.87. The first-order chi connectivity index (χ1) is 8.15. The fourth-order valence-electron chi connectivity index (χ4n) is 1.70. The van der Waals surface area contributed by atoms with Gasteiger partial charge in [0.15, 0.2) is 0 Å². The van der Waals surface area contributed by atoms with E-state index in [0.29, 0.717) is 6.04 Å². The lowest BCUT2D eigenvalue weighted by Gasteiger charge is -2.06. The topological polar surface area (TPSA) is 29.9 Å². The van der Waals surface area contributed by atoms with E-state index in [9.17, 15) is 0 Å². The average Bonchev–Trinajstić information content (AvgIpc) is 2.86. The predicted octanol–water partition coefficient (Wildman–Crippen LogP) is 2.80. The molecule has 2 aromatic rings. The number of hydrogen-bond acceptors (Lipinski definition) is 3. The molecule has 0 fully saturated rings. The monoisotopic (exact) mass is 249 g/mol. The largest absolute Gasteiger partial charge is 0.310 e. The van der Waals surface area contributed by atoms with E-state index in [0.717, 1.165) is 18.8 Å². The molecule has 0 amide bonds. The number of hydrogen-bond donors (Lipinski definition) is 1. The summed E-state index contributed by atoms with van der Waals surface area (Å²) in [5.41, 5.74) is 3.73. The summed E-state index contributed by atoms with van der Waals surface area (Å²) in [5, 5.41) is 12.2. The molecule has 0 aliphatic heterocycles. The maximum atomic E-state index is 4.54. The molecule has 2 aromatic heterocycles. The standard InChI is InChI=1S/C13H19N3S/c1-10(2)14-6-13-8-16(15-11(13)3)7-12-4-5-17-9-12/h4-5,8-10,14H,6-7H2,1-3H3. The van der Waals surface area contributed by atoms with E-state index in [1.165, 1.54) is 11.1 Å². The van der Waals surface area contributed by atoms with Crippen LogP contribution in [0.2, 0.25) is 0 Å². The van der Waals surface area contributed by atoms with Crippen LogP contribution in [0.15, 0.2) is 23.0 Å². The second kappa shape index (κ2) is 5.47. The molecule has 2 heterocycles. The maximum Gasteiger partial charge on any atom is 0.0667 e. The third-order valence-corrected chi connectivity index (χ3v) is 3.41. The van der Waals surface area contributed by atoms with Gasteiger partial charge in [-0.25, -0.2) is 0 Å². The molecule has 0 radical (unpaired) electrons. The minimum absolute atomic E-state index is 0.509. The molecule has 2 rings (SSSR count). The Morgan fingerprint density at radius 1 is 1.47 bits per heavy atom. The third-order valence-electron chi connectivity index (χ3n) is 2.67. The van der Waals surface area contributed by atoms with E-state index in [1.807, 2.05) is 4.68 Å². The van der Waals surface area contributed by atoms with Crippen LogP contribution in [0.25, 0.3) is 0 Å². The summed E-state index contributed by atoms with van der Waals surface area (Å²) >= 11 is 1.73. The highest BCUT2D eigenvalue weighted by Gasteiger charge is 2.05. The van der Waals surface area contributed by atoms with Gasteiger partial charge in [0.05, 0.1) is 12.2 Å². The van der Waals surface area contributed by atoms with Crippen molar-refractivity contribution in [3.05, 3.63) is 39.8 Å². The molecule has 0 saturated carbocycles. The molecule has 0 atom stereocenters. The van der Waals surface area contributed by atoms with Crippen LogP contribution in [-0.4, -0.2) is 15.8 Å². The Balaban J connectivity index is 2.02. The Bertz CT molecular complexity index is 457. The first kappa shape index (κ1) is 12.3. The van der Waals surface area contributed by atoms with Gasteiger partial charge in [0, 0.05) is 24.3 Å².